The molecule has 0 saturated carbocycles. The second-order valence-electron chi connectivity index (χ2n) is 13.9. The van der Waals surface area contributed by atoms with Crippen LogP contribution in [-0.4, -0.2) is 60.3 Å². The largest absolute Gasteiger partial charge is 0.481 e. The lowest BCUT2D eigenvalue weighted by molar-refractivity contribution is -0.143. The standard InChI is InChI=1S/C35H47F2N3O5Si/c1-35(2,3)33(40(31(41)15-16-32(42)43)18-10-17-38-34(44)45-19-20-46(4,5)6)30-21-26(28-22-27(36)13-14-29(28)37)24-39(30)23-25-11-8-7-9-12-25/h7-9,11-14,21-22,24,33H,10,15-20,23H2,1-6H3,(H,38,44)(H,42,43). The van der Waals surface area contributed by atoms with Crippen molar-refractivity contribution in [3.63, 3.8) is 0 Å². The number of hydrogen-bond acceptors (Lipinski definition) is 4. The minimum atomic E-state index is -1.36. The van der Waals surface area contributed by atoms with E-state index in [1.54, 1.807) is 17.2 Å². The SMILES string of the molecule is CC(C)(C)C(c1cc(-c2cc(F)ccc2F)cn1Cc1ccccc1)N(CCCNC(=O)OCC[Si](C)(C)C)C(=O)CCC(=O)O. The molecule has 8 nitrogen and oxygen atoms in total. The summed E-state index contributed by atoms with van der Waals surface area (Å²) in [6.45, 7) is 13.7. The summed E-state index contributed by atoms with van der Waals surface area (Å²) in [5, 5.41) is 12.1. The van der Waals surface area contributed by atoms with Gasteiger partial charge in [0, 0.05) is 57.1 Å². The van der Waals surface area contributed by atoms with E-state index in [-0.39, 0.29) is 37.4 Å². The third-order valence-electron chi connectivity index (χ3n) is 7.58. The van der Waals surface area contributed by atoms with Crippen molar-refractivity contribution in [3.05, 3.63) is 83.7 Å². The number of carboxylic acids is 1. The number of aliphatic carboxylic acids is 1. The van der Waals surface area contributed by atoms with Gasteiger partial charge in [0.2, 0.25) is 5.91 Å². The molecule has 0 saturated heterocycles. The number of ether oxygens (including phenoxy) is 1. The van der Waals surface area contributed by atoms with Gasteiger partial charge >= 0.3 is 12.1 Å². The molecular weight excluding hydrogens is 608 g/mol. The number of carbonyl (C=O) groups is 3. The summed E-state index contributed by atoms with van der Waals surface area (Å²) in [6, 6.07) is 15.0. The Hall–Kier alpha value is -3.99. The van der Waals surface area contributed by atoms with E-state index in [0.717, 1.165) is 29.8 Å². The van der Waals surface area contributed by atoms with E-state index in [1.807, 2.05) is 55.7 Å². The van der Waals surface area contributed by atoms with Gasteiger partial charge in [-0.05, 0) is 47.7 Å². The number of halogens is 2. The maximum absolute atomic E-state index is 15.0. The van der Waals surface area contributed by atoms with E-state index in [1.165, 1.54) is 0 Å². The zero-order valence-electron chi connectivity index (χ0n) is 27.7. The van der Waals surface area contributed by atoms with Crippen LogP contribution < -0.4 is 5.32 Å². The predicted octanol–water partition coefficient (Wildman–Crippen LogP) is 7.72. The smallest absolute Gasteiger partial charge is 0.407 e. The molecule has 3 rings (SSSR count). The quantitative estimate of drug-likeness (QED) is 0.129. The number of rotatable bonds is 15. The fourth-order valence-electron chi connectivity index (χ4n) is 5.31. The fraction of sp³-hybridized carbons (Fsp3) is 0.457. The maximum Gasteiger partial charge on any atom is 0.407 e. The molecule has 0 spiro atoms. The first-order valence-electron chi connectivity index (χ1n) is 15.7. The molecule has 2 aromatic carbocycles. The molecule has 0 aliphatic carbocycles. The number of carboxylic acid groups (broad SMARTS) is 1. The van der Waals surface area contributed by atoms with Gasteiger partial charge in [-0.1, -0.05) is 70.7 Å². The number of benzene rings is 2. The first kappa shape index (κ1) is 36.5. The lowest BCUT2D eigenvalue weighted by Gasteiger charge is -2.41. The van der Waals surface area contributed by atoms with Crippen molar-refractivity contribution in [1.82, 2.24) is 14.8 Å². The first-order valence-corrected chi connectivity index (χ1v) is 19.4. The molecule has 3 aromatic rings. The normalized spacial score (nSPS) is 12.4. The van der Waals surface area contributed by atoms with Gasteiger partial charge in [-0.15, -0.1) is 0 Å². The van der Waals surface area contributed by atoms with Crippen LogP contribution in [0.1, 0.15) is 57.3 Å². The highest BCUT2D eigenvalue weighted by Crippen LogP contribution is 2.41. The number of nitrogens with zero attached hydrogens (tertiary/aromatic N) is 2. The van der Waals surface area contributed by atoms with Gasteiger partial charge in [-0.2, -0.15) is 0 Å². The highest BCUT2D eigenvalue weighted by Gasteiger charge is 2.37. The molecule has 2 amide bonds. The number of amides is 2. The Morgan fingerprint density at radius 1 is 1.02 bits per heavy atom. The zero-order valence-corrected chi connectivity index (χ0v) is 28.7. The van der Waals surface area contributed by atoms with E-state index in [0.29, 0.717) is 30.8 Å². The summed E-state index contributed by atoms with van der Waals surface area (Å²) < 4.78 is 36.5. The monoisotopic (exact) mass is 655 g/mol. The van der Waals surface area contributed by atoms with Gasteiger partial charge in [-0.25, -0.2) is 13.6 Å². The second-order valence-corrected chi connectivity index (χ2v) is 19.5. The van der Waals surface area contributed by atoms with Crippen LogP contribution in [0.2, 0.25) is 25.7 Å². The molecule has 1 atom stereocenters. The van der Waals surface area contributed by atoms with Gasteiger partial charge in [-0.3, -0.25) is 9.59 Å². The molecule has 0 fully saturated rings. The Kier molecular flexibility index (Phi) is 12.7. The van der Waals surface area contributed by atoms with E-state index in [2.05, 4.69) is 25.0 Å². The Bertz CT molecular complexity index is 1480. The molecule has 2 N–H and O–H groups in total. The van der Waals surface area contributed by atoms with Crippen molar-refractivity contribution >= 4 is 26.0 Å². The third kappa shape index (κ3) is 11.1. The number of alkyl carbamates (subject to hydrolysis) is 1. The van der Waals surface area contributed by atoms with Gasteiger partial charge < -0.3 is 24.6 Å². The minimum absolute atomic E-state index is 0.0984. The lowest BCUT2D eigenvalue weighted by atomic mass is 9.82. The third-order valence-corrected chi connectivity index (χ3v) is 9.28. The molecule has 0 bridgehead atoms. The molecule has 1 heterocycles. The van der Waals surface area contributed by atoms with Gasteiger partial charge in [0.25, 0.3) is 0 Å². The van der Waals surface area contributed by atoms with Crippen molar-refractivity contribution in [2.24, 2.45) is 5.41 Å². The van der Waals surface area contributed by atoms with Crippen LogP contribution in [0.15, 0.2) is 60.8 Å². The highest BCUT2D eigenvalue weighted by atomic mass is 28.3. The van der Waals surface area contributed by atoms with E-state index in [9.17, 15) is 28.3 Å². The first-order chi connectivity index (χ1) is 21.5. The highest BCUT2D eigenvalue weighted by molar-refractivity contribution is 6.76. The van der Waals surface area contributed by atoms with Crippen LogP contribution >= 0.6 is 0 Å². The van der Waals surface area contributed by atoms with Crippen molar-refractivity contribution in [2.45, 2.75) is 78.3 Å². The Labute approximate surface area is 271 Å². The molecule has 0 aliphatic rings. The molecule has 250 valence electrons. The molecule has 1 aromatic heterocycles. The average Bonchev–Trinajstić information content (AvgIpc) is 3.36. The fourth-order valence-corrected chi connectivity index (χ4v) is 6.02. The summed E-state index contributed by atoms with van der Waals surface area (Å²) >= 11 is 0. The second kappa shape index (κ2) is 16.0. The van der Waals surface area contributed by atoms with E-state index < -0.39 is 43.2 Å². The maximum atomic E-state index is 15.0. The number of carbonyl (C=O) groups excluding carboxylic acids is 2. The summed E-state index contributed by atoms with van der Waals surface area (Å²) in [6.07, 6.45) is 1.08. The summed E-state index contributed by atoms with van der Waals surface area (Å²) in [7, 11) is -1.36. The van der Waals surface area contributed by atoms with Crippen LogP contribution in [0.5, 0.6) is 0 Å². The van der Waals surface area contributed by atoms with Gasteiger partial charge in [0.05, 0.1) is 19.1 Å². The van der Waals surface area contributed by atoms with E-state index in [4.69, 9.17) is 4.74 Å². The average molecular weight is 656 g/mol. The predicted molar refractivity (Wildman–Crippen MR) is 178 cm³/mol. The molecule has 1 unspecified atom stereocenters. The lowest BCUT2D eigenvalue weighted by Crippen LogP contribution is -2.43. The number of hydrogen-bond donors (Lipinski definition) is 2. The summed E-state index contributed by atoms with van der Waals surface area (Å²) in [4.78, 5) is 39.1. The number of aromatic nitrogens is 1. The Morgan fingerprint density at radius 2 is 1.72 bits per heavy atom. The van der Waals surface area contributed by atoms with Crippen LogP contribution in [0, 0.1) is 17.0 Å². The zero-order chi connectivity index (χ0) is 34.1. The Balaban J connectivity index is 1.98. The number of nitrogens with one attached hydrogen (secondary N) is 1. The van der Waals surface area contributed by atoms with Crippen LogP contribution in [0.4, 0.5) is 13.6 Å². The van der Waals surface area contributed by atoms with Crippen molar-refractivity contribution in [1.29, 1.82) is 0 Å². The van der Waals surface area contributed by atoms with Crippen LogP contribution in [0.3, 0.4) is 0 Å². The molecule has 11 heteroatoms. The summed E-state index contributed by atoms with van der Waals surface area (Å²) in [5.74, 6) is -2.59. The molecular formula is C35H47F2N3O5Si. The minimum Gasteiger partial charge on any atom is -0.481 e. The molecule has 0 radical (unpaired) electrons. The van der Waals surface area contributed by atoms with Crippen molar-refractivity contribution in [3.8, 4) is 11.1 Å². The Morgan fingerprint density at radius 3 is 2.35 bits per heavy atom. The van der Waals surface area contributed by atoms with Crippen LogP contribution in [-0.2, 0) is 20.9 Å². The topological polar surface area (TPSA) is 101 Å². The van der Waals surface area contributed by atoms with E-state index >= 15 is 0 Å². The molecule has 46 heavy (non-hydrogen) atoms. The summed E-state index contributed by atoms with van der Waals surface area (Å²) in [5.41, 5.74) is 1.66. The van der Waals surface area contributed by atoms with Gasteiger partial charge in [0.15, 0.2) is 0 Å². The van der Waals surface area contributed by atoms with Crippen LogP contribution in [0.25, 0.3) is 11.1 Å². The van der Waals surface area contributed by atoms with Crippen molar-refractivity contribution in [2.75, 3.05) is 19.7 Å². The van der Waals surface area contributed by atoms with Crippen molar-refractivity contribution < 1.29 is 33.0 Å². The molecule has 0 aliphatic heterocycles. The van der Waals surface area contributed by atoms with Gasteiger partial charge in [0.1, 0.15) is 11.6 Å².